The first kappa shape index (κ1) is 14.5. The maximum atomic E-state index is 5.92. The van der Waals surface area contributed by atoms with Crippen molar-refractivity contribution in [3.63, 3.8) is 0 Å². The third-order valence-electron chi connectivity index (χ3n) is 2.87. The molecule has 0 saturated heterocycles. The molecule has 0 spiro atoms. The molecular weight excluding hydrogens is 276 g/mol. The lowest BCUT2D eigenvalue weighted by Gasteiger charge is -2.17. The van der Waals surface area contributed by atoms with Gasteiger partial charge in [0.1, 0.15) is 5.01 Å². The van der Waals surface area contributed by atoms with Crippen molar-refractivity contribution < 1.29 is 0 Å². The van der Waals surface area contributed by atoms with Crippen molar-refractivity contribution in [1.82, 2.24) is 4.98 Å². The van der Waals surface area contributed by atoms with Gasteiger partial charge >= 0.3 is 0 Å². The third-order valence-corrected chi connectivity index (χ3v) is 4.29. The van der Waals surface area contributed by atoms with E-state index in [1.807, 2.05) is 24.3 Å². The van der Waals surface area contributed by atoms with Gasteiger partial charge in [-0.05, 0) is 25.1 Å². The highest BCUT2D eigenvalue weighted by molar-refractivity contribution is 7.15. The highest BCUT2D eigenvalue weighted by Gasteiger charge is 2.23. The molecule has 1 aromatic carbocycles. The van der Waals surface area contributed by atoms with E-state index in [1.54, 1.807) is 11.3 Å². The summed E-state index contributed by atoms with van der Waals surface area (Å²) in [5.74, 6) is 0. The number of halogens is 1. The first-order chi connectivity index (χ1) is 8.91. The molecule has 19 heavy (non-hydrogen) atoms. The number of rotatable bonds is 3. The number of hydrogen-bond acceptors (Lipinski definition) is 3. The summed E-state index contributed by atoms with van der Waals surface area (Å²) in [5, 5.41) is 1.79. The Morgan fingerprint density at radius 3 is 2.37 bits per heavy atom. The zero-order chi connectivity index (χ0) is 14.0. The highest BCUT2D eigenvalue weighted by atomic mass is 35.5. The minimum absolute atomic E-state index is 0.0473. The zero-order valence-corrected chi connectivity index (χ0v) is 13.1. The van der Waals surface area contributed by atoms with Crippen LogP contribution in [0.2, 0.25) is 5.02 Å². The van der Waals surface area contributed by atoms with Gasteiger partial charge in [0.2, 0.25) is 0 Å². The van der Waals surface area contributed by atoms with Crippen LogP contribution in [-0.2, 0) is 11.8 Å². The molecule has 2 rings (SSSR count). The Balaban J connectivity index is 2.45. The zero-order valence-electron chi connectivity index (χ0n) is 11.5. The number of benzene rings is 1. The fraction of sp³-hybridized carbons (Fsp3) is 0.400. The minimum Gasteiger partial charge on any atom is -0.330 e. The van der Waals surface area contributed by atoms with Gasteiger partial charge in [0.25, 0.3) is 0 Å². The number of nitrogens with two attached hydrogens (primary N) is 1. The van der Waals surface area contributed by atoms with Gasteiger partial charge in [0.05, 0.1) is 5.69 Å². The smallest absolute Gasteiger partial charge is 0.123 e. The van der Waals surface area contributed by atoms with Gasteiger partial charge in [-0.25, -0.2) is 4.98 Å². The van der Waals surface area contributed by atoms with Crippen molar-refractivity contribution in [2.45, 2.75) is 32.6 Å². The number of hydrogen-bond donors (Lipinski definition) is 1. The molecule has 0 saturated carbocycles. The molecule has 0 fully saturated rings. The van der Waals surface area contributed by atoms with Crippen LogP contribution in [0.5, 0.6) is 0 Å². The van der Waals surface area contributed by atoms with Crippen LogP contribution in [0.1, 0.15) is 31.3 Å². The maximum absolute atomic E-state index is 5.92. The van der Waals surface area contributed by atoms with Gasteiger partial charge in [-0.1, -0.05) is 44.5 Å². The average Bonchev–Trinajstić information content (AvgIpc) is 2.74. The Labute approximate surface area is 123 Å². The van der Waals surface area contributed by atoms with Gasteiger partial charge in [-0.2, -0.15) is 0 Å². The monoisotopic (exact) mass is 294 g/mol. The van der Waals surface area contributed by atoms with Gasteiger partial charge in [0.15, 0.2) is 0 Å². The summed E-state index contributed by atoms with van der Waals surface area (Å²) in [4.78, 5) is 6.11. The normalized spacial score (nSPS) is 11.8. The molecule has 0 amide bonds. The Morgan fingerprint density at radius 1 is 1.21 bits per heavy atom. The minimum atomic E-state index is 0.0473. The number of nitrogens with zero attached hydrogens (tertiary/aromatic N) is 1. The van der Waals surface area contributed by atoms with E-state index in [2.05, 4.69) is 20.8 Å². The predicted molar refractivity (Wildman–Crippen MR) is 84.0 cm³/mol. The summed E-state index contributed by atoms with van der Waals surface area (Å²) >= 11 is 7.66. The van der Waals surface area contributed by atoms with E-state index in [9.17, 15) is 0 Å². The van der Waals surface area contributed by atoms with Gasteiger partial charge in [-0.15, -0.1) is 11.3 Å². The largest absolute Gasteiger partial charge is 0.330 e. The van der Waals surface area contributed by atoms with Crippen molar-refractivity contribution in [2.24, 2.45) is 5.73 Å². The summed E-state index contributed by atoms with van der Waals surface area (Å²) in [5.41, 5.74) is 8.02. The first-order valence-corrected chi connectivity index (χ1v) is 7.57. The van der Waals surface area contributed by atoms with E-state index < -0.39 is 0 Å². The van der Waals surface area contributed by atoms with E-state index in [4.69, 9.17) is 22.3 Å². The molecule has 0 radical (unpaired) electrons. The summed E-state index contributed by atoms with van der Waals surface area (Å²) < 4.78 is 0. The molecule has 2 nitrogen and oxygen atoms in total. The molecule has 0 unspecified atom stereocenters. The van der Waals surface area contributed by atoms with Crippen LogP contribution in [0.15, 0.2) is 24.3 Å². The summed E-state index contributed by atoms with van der Waals surface area (Å²) in [6.45, 7) is 7.22. The van der Waals surface area contributed by atoms with Crippen molar-refractivity contribution in [2.75, 3.05) is 6.54 Å². The van der Waals surface area contributed by atoms with Gasteiger partial charge in [0, 0.05) is 20.9 Å². The molecule has 0 aliphatic carbocycles. The quantitative estimate of drug-likeness (QED) is 0.918. The lowest BCUT2D eigenvalue weighted by Crippen LogP contribution is -2.15. The molecule has 102 valence electrons. The topological polar surface area (TPSA) is 38.9 Å². The first-order valence-electron chi connectivity index (χ1n) is 6.38. The van der Waals surface area contributed by atoms with Crippen LogP contribution < -0.4 is 5.73 Å². The van der Waals surface area contributed by atoms with Crippen LogP contribution in [0.25, 0.3) is 10.6 Å². The van der Waals surface area contributed by atoms with E-state index in [0.717, 1.165) is 27.7 Å². The van der Waals surface area contributed by atoms with E-state index in [0.29, 0.717) is 6.54 Å². The Kier molecular flexibility index (Phi) is 4.29. The van der Waals surface area contributed by atoms with Crippen molar-refractivity contribution >= 4 is 22.9 Å². The van der Waals surface area contributed by atoms with Crippen LogP contribution in [0.4, 0.5) is 0 Å². The molecular formula is C15H19ClN2S. The number of aromatic nitrogens is 1. The molecule has 0 aliphatic heterocycles. The second-order valence-corrected chi connectivity index (χ2v) is 7.11. The molecule has 0 bridgehead atoms. The molecule has 0 atom stereocenters. The van der Waals surface area contributed by atoms with E-state index in [1.165, 1.54) is 4.88 Å². The third kappa shape index (κ3) is 3.35. The van der Waals surface area contributed by atoms with Crippen LogP contribution in [0.3, 0.4) is 0 Å². The molecule has 4 heteroatoms. The molecule has 2 N–H and O–H groups in total. The Hall–Kier alpha value is -0.900. The second kappa shape index (κ2) is 5.61. The van der Waals surface area contributed by atoms with Gasteiger partial charge < -0.3 is 5.73 Å². The van der Waals surface area contributed by atoms with Gasteiger partial charge in [-0.3, -0.25) is 0 Å². The second-order valence-electron chi connectivity index (χ2n) is 5.59. The Morgan fingerprint density at radius 2 is 1.84 bits per heavy atom. The van der Waals surface area contributed by atoms with Crippen LogP contribution in [-0.4, -0.2) is 11.5 Å². The fourth-order valence-corrected chi connectivity index (χ4v) is 3.37. The molecule has 0 aliphatic rings. The highest BCUT2D eigenvalue weighted by Crippen LogP contribution is 2.34. The van der Waals surface area contributed by atoms with Crippen LogP contribution >= 0.6 is 22.9 Å². The standard InChI is InChI=1S/C15H19ClN2S/c1-15(2,3)13-12(8-9-17)19-14(18-13)10-4-6-11(16)7-5-10/h4-7H,8-9,17H2,1-3H3. The van der Waals surface area contributed by atoms with Crippen molar-refractivity contribution in [3.05, 3.63) is 39.9 Å². The van der Waals surface area contributed by atoms with Crippen LogP contribution in [0, 0.1) is 0 Å². The summed E-state index contributed by atoms with van der Waals surface area (Å²) in [6.07, 6.45) is 0.887. The lowest BCUT2D eigenvalue weighted by molar-refractivity contribution is 0.566. The average molecular weight is 295 g/mol. The van der Waals surface area contributed by atoms with Crippen molar-refractivity contribution in [1.29, 1.82) is 0 Å². The maximum Gasteiger partial charge on any atom is 0.123 e. The van der Waals surface area contributed by atoms with E-state index >= 15 is 0 Å². The summed E-state index contributed by atoms with van der Waals surface area (Å²) in [6, 6.07) is 7.83. The SMILES string of the molecule is CC(C)(C)c1nc(-c2ccc(Cl)cc2)sc1CCN. The van der Waals surface area contributed by atoms with Crippen molar-refractivity contribution in [3.8, 4) is 10.6 Å². The lowest BCUT2D eigenvalue weighted by atomic mass is 9.91. The van der Waals surface area contributed by atoms with E-state index in [-0.39, 0.29) is 5.41 Å². The summed E-state index contributed by atoms with van der Waals surface area (Å²) in [7, 11) is 0. The molecule has 1 aromatic heterocycles. The fourth-order valence-electron chi connectivity index (χ4n) is 1.95. The molecule has 1 heterocycles. The predicted octanol–water partition coefficient (Wildman–Crippen LogP) is 4.26. The number of thiazole rings is 1. The Bertz CT molecular complexity index is 553. The molecule has 2 aromatic rings.